The Hall–Kier alpha value is -2.41. The number of rotatable bonds is 4. The molecule has 1 fully saturated rings. The largest absolute Gasteiger partial charge is 0.360 e. The number of likely N-dealkylation sites (tertiary alicyclic amines) is 1. The Balaban J connectivity index is 1.64. The summed E-state index contributed by atoms with van der Waals surface area (Å²) < 4.78 is 4.70. The maximum atomic E-state index is 6.14. The van der Waals surface area contributed by atoms with Crippen molar-refractivity contribution in [2.24, 2.45) is 5.92 Å². The molecule has 2 aromatic heterocycles. The number of para-hydroxylation sites is 1. The number of hydrogen-bond acceptors (Lipinski definition) is 3. The molecule has 5 nitrogen and oxygen atoms in total. The molecule has 1 saturated heterocycles. The fraction of sp³-hybridized carbons (Fsp3) is 0.304. The Morgan fingerprint density at radius 1 is 1.17 bits per heavy atom. The predicted molar refractivity (Wildman–Crippen MR) is 125 cm³/mol. The molecule has 1 unspecified atom stereocenters. The van der Waals surface area contributed by atoms with Gasteiger partial charge in [-0.2, -0.15) is 0 Å². The highest BCUT2D eigenvalue weighted by atomic mass is 35.5. The van der Waals surface area contributed by atoms with Crippen molar-refractivity contribution in [2.45, 2.75) is 26.4 Å². The van der Waals surface area contributed by atoms with Crippen LogP contribution in [0, 0.1) is 10.7 Å². The van der Waals surface area contributed by atoms with Crippen molar-refractivity contribution in [1.29, 1.82) is 0 Å². The maximum absolute atomic E-state index is 6.14. The Morgan fingerprint density at radius 3 is 2.77 bits per heavy atom. The number of piperidine rings is 1. The Kier molecular flexibility index (Phi) is 5.23. The first-order valence-corrected chi connectivity index (χ1v) is 11.1. The van der Waals surface area contributed by atoms with E-state index in [1.807, 2.05) is 47.3 Å². The normalized spacial score (nSPS) is 17.6. The molecular weight excluding hydrogens is 414 g/mol. The summed E-state index contributed by atoms with van der Waals surface area (Å²) in [5.41, 5.74) is 3.08. The molecule has 1 N–H and O–H groups in total. The van der Waals surface area contributed by atoms with Crippen molar-refractivity contribution >= 4 is 34.7 Å². The fourth-order valence-electron chi connectivity index (χ4n) is 4.36. The summed E-state index contributed by atoms with van der Waals surface area (Å²) in [6.45, 7) is 5.19. The summed E-state index contributed by atoms with van der Waals surface area (Å²) in [7, 11) is 0. The third-order valence-corrected chi connectivity index (χ3v) is 6.47. The van der Waals surface area contributed by atoms with Gasteiger partial charge in [-0.15, -0.1) is 5.10 Å². The van der Waals surface area contributed by atoms with E-state index in [-0.39, 0.29) is 0 Å². The zero-order chi connectivity index (χ0) is 20.7. The van der Waals surface area contributed by atoms with E-state index in [2.05, 4.69) is 33.5 Å². The van der Waals surface area contributed by atoms with Gasteiger partial charge < -0.3 is 4.98 Å². The van der Waals surface area contributed by atoms with Crippen molar-refractivity contribution < 1.29 is 0 Å². The first kappa shape index (κ1) is 19.5. The van der Waals surface area contributed by atoms with Crippen LogP contribution in [0.3, 0.4) is 0 Å². The number of nitrogens with zero attached hydrogens (tertiary/aromatic N) is 4. The number of halogens is 1. The van der Waals surface area contributed by atoms with Gasteiger partial charge in [-0.25, -0.2) is 4.68 Å². The van der Waals surface area contributed by atoms with Gasteiger partial charge in [0.2, 0.25) is 4.77 Å². The fourth-order valence-corrected chi connectivity index (χ4v) is 4.77. The molecule has 7 heteroatoms. The van der Waals surface area contributed by atoms with E-state index in [0.717, 1.165) is 41.1 Å². The second-order valence-corrected chi connectivity index (χ2v) is 8.93. The molecule has 0 amide bonds. The lowest BCUT2D eigenvalue weighted by molar-refractivity contribution is 0.138. The molecule has 0 saturated carbocycles. The second kappa shape index (κ2) is 8.02. The van der Waals surface area contributed by atoms with Gasteiger partial charge in [-0.3, -0.25) is 9.47 Å². The molecule has 2 aromatic carbocycles. The van der Waals surface area contributed by atoms with E-state index in [4.69, 9.17) is 28.9 Å². The van der Waals surface area contributed by atoms with E-state index in [1.54, 1.807) is 0 Å². The zero-order valence-corrected chi connectivity index (χ0v) is 18.5. The summed E-state index contributed by atoms with van der Waals surface area (Å²) in [5.74, 6) is 1.55. The SMILES string of the molecule is CC1CCCN(Cn2nc(-c3c[nH]c4ccccc34)n(-c3ccc(Cl)cc3)c2=S)C1. The highest BCUT2D eigenvalue weighted by Gasteiger charge is 2.21. The molecule has 1 aliphatic rings. The number of fused-ring (bicyclic) bond motifs is 1. The number of nitrogens with one attached hydrogen (secondary N) is 1. The van der Waals surface area contributed by atoms with Gasteiger partial charge in [0.1, 0.15) is 0 Å². The summed E-state index contributed by atoms with van der Waals surface area (Å²) >= 11 is 12.1. The standard InChI is InChI=1S/C23H24ClN5S/c1-16-5-4-12-27(14-16)15-28-23(30)29(18-10-8-17(24)9-11-18)22(26-28)20-13-25-21-7-3-2-6-19(20)21/h2-3,6-11,13,16,25H,4-5,12,14-15H2,1H3. The van der Waals surface area contributed by atoms with Crippen molar-refractivity contribution in [2.75, 3.05) is 13.1 Å². The minimum Gasteiger partial charge on any atom is -0.360 e. The first-order chi connectivity index (χ1) is 14.6. The van der Waals surface area contributed by atoms with E-state index >= 15 is 0 Å². The summed E-state index contributed by atoms with van der Waals surface area (Å²) in [6.07, 6.45) is 4.53. The third kappa shape index (κ3) is 3.60. The average Bonchev–Trinajstić information content (AvgIpc) is 3.30. The molecule has 1 atom stereocenters. The smallest absolute Gasteiger partial charge is 0.204 e. The van der Waals surface area contributed by atoms with E-state index < -0.39 is 0 Å². The quantitative estimate of drug-likeness (QED) is 0.404. The molecule has 0 radical (unpaired) electrons. The summed E-state index contributed by atoms with van der Waals surface area (Å²) in [4.78, 5) is 5.81. The molecule has 5 rings (SSSR count). The van der Waals surface area contributed by atoms with Crippen LogP contribution >= 0.6 is 23.8 Å². The predicted octanol–water partition coefficient (Wildman–Crippen LogP) is 5.89. The van der Waals surface area contributed by atoms with Gasteiger partial charge in [-0.1, -0.05) is 36.7 Å². The number of benzene rings is 2. The minimum absolute atomic E-state index is 0.691. The van der Waals surface area contributed by atoms with Crippen molar-refractivity contribution in [1.82, 2.24) is 24.2 Å². The van der Waals surface area contributed by atoms with Gasteiger partial charge in [0.25, 0.3) is 0 Å². The molecule has 1 aliphatic heterocycles. The molecule has 0 spiro atoms. The molecule has 0 aliphatic carbocycles. The molecule has 3 heterocycles. The van der Waals surface area contributed by atoms with Crippen LogP contribution in [0.2, 0.25) is 5.02 Å². The highest BCUT2D eigenvalue weighted by molar-refractivity contribution is 7.71. The molecular formula is C23H24ClN5S. The van der Waals surface area contributed by atoms with E-state index in [1.165, 1.54) is 12.8 Å². The van der Waals surface area contributed by atoms with E-state index in [0.29, 0.717) is 22.4 Å². The molecule has 154 valence electrons. The average molecular weight is 438 g/mol. The number of aromatic nitrogens is 4. The number of aromatic amines is 1. The van der Waals surface area contributed by atoms with Crippen LogP contribution in [-0.4, -0.2) is 37.3 Å². The van der Waals surface area contributed by atoms with Crippen LogP contribution < -0.4 is 0 Å². The van der Waals surface area contributed by atoms with Crippen LogP contribution in [0.25, 0.3) is 28.0 Å². The number of hydrogen-bond donors (Lipinski definition) is 1. The van der Waals surface area contributed by atoms with Crippen LogP contribution in [0.5, 0.6) is 0 Å². The highest BCUT2D eigenvalue weighted by Crippen LogP contribution is 2.30. The third-order valence-electron chi connectivity index (χ3n) is 5.83. The topological polar surface area (TPSA) is 41.8 Å². The second-order valence-electron chi connectivity index (χ2n) is 8.13. The van der Waals surface area contributed by atoms with Gasteiger partial charge in [0.15, 0.2) is 5.82 Å². The van der Waals surface area contributed by atoms with E-state index in [9.17, 15) is 0 Å². The zero-order valence-electron chi connectivity index (χ0n) is 16.9. The summed E-state index contributed by atoms with van der Waals surface area (Å²) in [5, 5.41) is 6.83. The molecule has 0 bridgehead atoms. The van der Waals surface area contributed by atoms with Crippen LogP contribution in [0.15, 0.2) is 54.7 Å². The maximum Gasteiger partial charge on any atom is 0.204 e. The van der Waals surface area contributed by atoms with Crippen molar-refractivity contribution in [3.05, 3.63) is 64.5 Å². The monoisotopic (exact) mass is 437 g/mol. The van der Waals surface area contributed by atoms with Crippen LogP contribution in [-0.2, 0) is 6.67 Å². The van der Waals surface area contributed by atoms with Gasteiger partial charge >= 0.3 is 0 Å². The summed E-state index contributed by atoms with van der Waals surface area (Å²) in [6, 6.07) is 16.0. The lowest BCUT2D eigenvalue weighted by atomic mass is 10.0. The van der Waals surface area contributed by atoms with Gasteiger partial charge in [0.05, 0.1) is 12.4 Å². The minimum atomic E-state index is 0.691. The molecule has 30 heavy (non-hydrogen) atoms. The van der Waals surface area contributed by atoms with Gasteiger partial charge in [0, 0.05) is 34.2 Å². The van der Waals surface area contributed by atoms with Crippen molar-refractivity contribution in [3.8, 4) is 17.1 Å². The lowest BCUT2D eigenvalue weighted by Crippen LogP contribution is -2.36. The Labute approximate surface area is 185 Å². The Bertz CT molecular complexity index is 1240. The van der Waals surface area contributed by atoms with Crippen LogP contribution in [0.1, 0.15) is 19.8 Å². The van der Waals surface area contributed by atoms with Crippen LogP contribution in [0.4, 0.5) is 0 Å². The molecule has 4 aromatic rings. The Morgan fingerprint density at radius 2 is 1.97 bits per heavy atom. The first-order valence-electron chi connectivity index (χ1n) is 10.3. The van der Waals surface area contributed by atoms with Gasteiger partial charge in [-0.05, 0) is 67.9 Å². The van der Waals surface area contributed by atoms with Crippen molar-refractivity contribution in [3.63, 3.8) is 0 Å². The lowest BCUT2D eigenvalue weighted by Gasteiger charge is -2.30. The number of H-pyrrole nitrogens is 1.